The lowest BCUT2D eigenvalue weighted by Gasteiger charge is -2.28. The molecule has 3 rings (SSSR count). The summed E-state index contributed by atoms with van der Waals surface area (Å²) >= 11 is 1.75. The lowest BCUT2D eigenvalue weighted by atomic mass is 10.0. The number of benzene rings is 1. The van der Waals surface area contributed by atoms with Crippen molar-refractivity contribution in [2.24, 2.45) is 0 Å². The molecule has 2 heterocycles. The second kappa shape index (κ2) is 9.95. The van der Waals surface area contributed by atoms with Gasteiger partial charge in [-0.1, -0.05) is 27.4 Å². The van der Waals surface area contributed by atoms with E-state index in [1.807, 2.05) is 13.8 Å². The monoisotopic (exact) mass is 451 g/mol. The molecule has 1 atom stereocenters. The number of aromatic nitrogens is 1. The third-order valence-corrected chi connectivity index (χ3v) is 6.41. The Morgan fingerprint density at radius 1 is 1.19 bits per heavy atom. The van der Waals surface area contributed by atoms with Crippen molar-refractivity contribution in [1.29, 1.82) is 0 Å². The van der Waals surface area contributed by atoms with Crippen LogP contribution < -0.4 is 0 Å². The van der Waals surface area contributed by atoms with Gasteiger partial charge in [0, 0.05) is 32.4 Å². The minimum atomic E-state index is -0.557. The maximum absolute atomic E-state index is 11.9. The number of esters is 1. The summed E-state index contributed by atoms with van der Waals surface area (Å²) in [5.41, 5.74) is 3.96. The molecule has 3 aromatic rings. The highest BCUT2D eigenvalue weighted by atomic mass is 32.2. The van der Waals surface area contributed by atoms with E-state index in [4.69, 9.17) is 14.1 Å². The summed E-state index contributed by atoms with van der Waals surface area (Å²) in [7, 11) is 0. The molecule has 0 aliphatic carbocycles. The van der Waals surface area contributed by atoms with Gasteiger partial charge in [0.1, 0.15) is 16.9 Å². The molecule has 2 aromatic heterocycles. The average molecular weight is 452 g/mol. The zero-order chi connectivity index (χ0) is 23.5. The summed E-state index contributed by atoms with van der Waals surface area (Å²) in [4.78, 5) is 17.8. The molecule has 32 heavy (non-hydrogen) atoms. The minimum Gasteiger partial charge on any atom is -0.456 e. The van der Waals surface area contributed by atoms with E-state index >= 15 is 0 Å². The van der Waals surface area contributed by atoms with Gasteiger partial charge in [0.05, 0.1) is 5.69 Å². The van der Waals surface area contributed by atoms with E-state index in [0.717, 1.165) is 57.8 Å². The summed E-state index contributed by atoms with van der Waals surface area (Å²) in [5.74, 6) is 0.514. The molecule has 4 nitrogen and oxygen atoms in total. The van der Waals surface area contributed by atoms with Crippen LogP contribution >= 0.6 is 11.8 Å². The van der Waals surface area contributed by atoms with Gasteiger partial charge < -0.3 is 9.15 Å². The zero-order valence-corrected chi connectivity index (χ0v) is 20.8. The number of hydrogen-bond donors (Lipinski definition) is 0. The van der Waals surface area contributed by atoms with E-state index in [2.05, 4.69) is 63.7 Å². The van der Waals surface area contributed by atoms with E-state index in [9.17, 15) is 4.79 Å². The van der Waals surface area contributed by atoms with Crippen LogP contribution in [0, 0.1) is 0 Å². The van der Waals surface area contributed by atoms with Gasteiger partial charge in [0.2, 0.25) is 0 Å². The van der Waals surface area contributed by atoms with Crippen molar-refractivity contribution >= 4 is 28.7 Å². The SMILES string of the molecule is C=C(C)C(=O)OC(C)(C)CC(C)Sc1ccc2cc(-c3ccc(CC)nc3CC)oc2c1. The lowest BCUT2D eigenvalue weighted by Crippen LogP contribution is -2.31. The normalized spacial score (nSPS) is 12.7. The van der Waals surface area contributed by atoms with E-state index in [1.165, 1.54) is 0 Å². The molecule has 5 heteroatoms. The first-order chi connectivity index (χ1) is 15.1. The van der Waals surface area contributed by atoms with Crippen LogP contribution in [0.5, 0.6) is 0 Å². The Bertz CT molecular complexity index is 1130. The first-order valence-electron chi connectivity index (χ1n) is 11.2. The van der Waals surface area contributed by atoms with Gasteiger partial charge >= 0.3 is 5.97 Å². The molecule has 0 aliphatic heterocycles. The number of hydrogen-bond acceptors (Lipinski definition) is 5. The molecule has 0 amide bonds. The van der Waals surface area contributed by atoms with Crippen LogP contribution in [0.15, 0.2) is 57.9 Å². The van der Waals surface area contributed by atoms with Crippen molar-refractivity contribution in [3.63, 3.8) is 0 Å². The summed E-state index contributed by atoms with van der Waals surface area (Å²) in [6.07, 6.45) is 2.52. The molecule has 0 saturated carbocycles. The predicted molar refractivity (Wildman–Crippen MR) is 133 cm³/mol. The highest BCUT2D eigenvalue weighted by Gasteiger charge is 2.26. The Hall–Kier alpha value is -2.53. The first kappa shape index (κ1) is 24.1. The van der Waals surface area contributed by atoms with Crippen molar-refractivity contribution in [2.45, 2.75) is 76.6 Å². The van der Waals surface area contributed by atoms with E-state index in [1.54, 1.807) is 18.7 Å². The number of ether oxygens (including phenoxy) is 1. The van der Waals surface area contributed by atoms with Crippen LogP contribution in [0.25, 0.3) is 22.3 Å². The molecule has 0 radical (unpaired) electrons. The Morgan fingerprint density at radius 3 is 2.59 bits per heavy atom. The quantitative estimate of drug-likeness (QED) is 0.193. The molecule has 1 aromatic carbocycles. The Balaban J connectivity index is 1.76. The minimum absolute atomic E-state index is 0.257. The van der Waals surface area contributed by atoms with Gasteiger partial charge in [0.15, 0.2) is 0 Å². The van der Waals surface area contributed by atoms with Crippen molar-refractivity contribution in [3.05, 3.63) is 59.9 Å². The average Bonchev–Trinajstić information content (AvgIpc) is 3.15. The van der Waals surface area contributed by atoms with Crippen LogP contribution in [0.4, 0.5) is 0 Å². The maximum atomic E-state index is 11.9. The van der Waals surface area contributed by atoms with Gasteiger partial charge in [-0.25, -0.2) is 4.79 Å². The van der Waals surface area contributed by atoms with Crippen LogP contribution in [0.3, 0.4) is 0 Å². The second-order valence-corrected chi connectivity index (χ2v) is 10.4. The number of rotatable bonds is 9. The Labute approximate surface area is 195 Å². The largest absolute Gasteiger partial charge is 0.456 e. The fraction of sp³-hybridized carbons (Fsp3) is 0.407. The van der Waals surface area contributed by atoms with Crippen molar-refractivity contribution in [2.75, 3.05) is 0 Å². The molecular weight excluding hydrogens is 418 g/mol. The predicted octanol–water partition coefficient (Wildman–Crippen LogP) is 7.39. The maximum Gasteiger partial charge on any atom is 0.333 e. The Morgan fingerprint density at radius 2 is 1.94 bits per heavy atom. The third-order valence-electron chi connectivity index (χ3n) is 5.32. The van der Waals surface area contributed by atoms with Gasteiger partial charge in [-0.2, -0.15) is 0 Å². The van der Waals surface area contributed by atoms with Crippen LogP contribution in [0.1, 0.15) is 59.4 Å². The zero-order valence-electron chi connectivity index (χ0n) is 20.0. The number of furan rings is 1. The molecule has 170 valence electrons. The third kappa shape index (κ3) is 5.83. The summed E-state index contributed by atoms with van der Waals surface area (Å²) < 4.78 is 11.8. The molecular formula is C27H33NO3S. The van der Waals surface area contributed by atoms with Crippen LogP contribution in [-0.2, 0) is 22.4 Å². The number of fused-ring (bicyclic) bond motifs is 1. The molecule has 0 aliphatic rings. The summed E-state index contributed by atoms with van der Waals surface area (Å²) in [6.45, 7) is 15.6. The standard InChI is InChI=1S/C27H33NO3S/c1-8-20-11-13-22(23(9-2)28-20)25-14-19-10-12-21(15-24(19)30-25)32-18(5)16-27(6,7)31-26(29)17(3)4/h10-15,18H,3,8-9,16H2,1-2,4-7H3. The number of carbonyl (C=O) groups is 1. The molecule has 0 bridgehead atoms. The van der Waals surface area contributed by atoms with E-state index in [0.29, 0.717) is 5.57 Å². The molecule has 0 fully saturated rings. The first-order valence-corrected chi connectivity index (χ1v) is 12.1. The number of pyridine rings is 1. The van der Waals surface area contributed by atoms with Crippen molar-refractivity contribution in [1.82, 2.24) is 4.98 Å². The van der Waals surface area contributed by atoms with E-state index < -0.39 is 5.60 Å². The Kier molecular flexibility index (Phi) is 7.50. The molecule has 0 spiro atoms. The lowest BCUT2D eigenvalue weighted by molar-refractivity contribution is -0.151. The number of carbonyl (C=O) groups excluding carboxylic acids is 1. The second-order valence-electron chi connectivity index (χ2n) is 8.88. The fourth-order valence-electron chi connectivity index (χ4n) is 3.80. The summed E-state index contributed by atoms with van der Waals surface area (Å²) in [5, 5.41) is 1.33. The topological polar surface area (TPSA) is 52.3 Å². The summed E-state index contributed by atoms with van der Waals surface area (Å²) in [6, 6.07) is 12.6. The van der Waals surface area contributed by atoms with Gasteiger partial charge in [-0.05, 0) is 76.4 Å². The molecule has 0 N–H and O–H groups in total. The highest BCUT2D eigenvalue weighted by Crippen LogP contribution is 2.35. The van der Waals surface area contributed by atoms with E-state index in [-0.39, 0.29) is 11.2 Å². The number of nitrogens with zero attached hydrogens (tertiary/aromatic N) is 1. The highest BCUT2D eigenvalue weighted by molar-refractivity contribution is 8.00. The molecule has 0 saturated heterocycles. The van der Waals surface area contributed by atoms with Crippen molar-refractivity contribution < 1.29 is 13.9 Å². The van der Waals surface area contributed by atoms with Crippen LogP contribution in [-0.4, -0.2) is 21.8 Å². The molecule has 1 unspecified atom stereocenters. The van der Waals surface area contributed by atoms with Gasteiger partial charge in [-0.3, -0.25) is 4.98 Å². The number of thioether (sulfide) groups is 1. The van der Waals surface area contributed by atoms with Gasteiger partial charge in [-0.15, -0.1) is 11.8 Å². The fourth-order valence-corrected chi connectivity index (χ4v) is 5.07. The van der Waals surface area contributed by atoms with Gasteiger partial charge in [0.25, 0.3) is 0 Å². The van der Waals surface area contributed by atoms with Crippen LogP contribution in [0.2, 0.25) is 0 Å². The smallest absolute Gasteiger partial charge is 0.333 e. The van der Waals surface area contributed by atoms with Crippen molar-refractivity contribution in [3.8, 4) is 11.3 Å². The number of aryl methyl sites for hydroxylation is 2.